The maximum Gasteiger partial charge on any atom is 0.281 e. The maximum absolute atomic E-state index is 11.5. The molecule has 0 atom stereocenters. The van der Waals surface area contributed by atoms with Crippen LogP contribution in [0.4, 0.5) is 5.69 Å². The standard InChI is InChI=1S/C10H12INO3/c1-14-10(15-2)9(13)12-8-5-3-4-7(11)6-8/h3-6,10H,1-2H3,(H,12,13). The Balaban J connectivity index is 2.65. The van der Waals surface area contributed by atoms with Crippen molar-refractivity contribution in [3.05, 3.63) is 27.8 Å². The van der Waals surface area contributed by atoms with Gasteiger partial charge in [0.05, 0.1) is 0 Å². The number of rotatable bonds is 4. The van der Waals surface area contributed by atoms with Gasteiger partial charge in [-0.05, 0) is 40.8 Å². The maximum atomic E-state index is 11.5. The molecular weight excluding hydrogens is 309 g/mol. The molecule has 4 nitrogen and oxygen atoms in total. The van der Waals surface area contributed by atoms with Crippen molar-refractivity contribution in [1.82, 2.24) is 0 Å². The van der Waals surface area contributed by atoms with Crippen LogP contribution in [0, 0.1) is 3.57 Å². The summed E-state index contributed by atoms with van der Waals surface area (Å²) in [5.74, 6) is -0.318. The van der Waals surface area contributed by atoms with E-state index in [9.17, 15) is 4.79 Å². The summed E-state index contributed by atoms with van der Waals surface area (Å²) in [5, 5.41) is 2.69. The second kappa shape index (κ2) is 6.04. The molecular formula is C10H12INO3. The van der Waals surface area contributed by atoms with Crippen LogP contribution in [0.2, 0.25) is 0 Å². The number of methoxy groups -OCH3 is 2. The average molecular weight is 321 g/mol. The highest BCUT2D eigenvalue weighted by Gasteiger charge is 2.16. The van der Waals surface area contributed by atoms with Crippen LogP contribution in [0.5, 0.6) is 0 Å². The van der Waals surface area contributed by atoms with Gasteiger partial charge in [0.2, 0.25) is 6.29 Å². The van der Waals surface area contributed by atoms with Gasteiger partial charge in [-0.2, -0.15) is 0 Å². The third-order valence-corrected chi connectivity index (χ3v) is 2.41. The molecule has 0 aliphatic heterocycles. The zero-order valence-electron chi connectivity index (χ0n) is 8.49. The predicted molar refractivity (Wildman–Crippen MR) is 65.6 cm³/mol. The van der Waals surface area contributed by atoms with Gasteiger partial charge >= 0.3 is 0 Å². The van der Waals surface area contributed by atoms with E-state index in [-0.39, 0.29) is 5.91 Å². The number of amides is 1. The fourth-order valence-electron chi connectivity index (χ4n) is 1.08. The van der Waals surface area contributed by atoms with E-state index < -0.39 is 6.29 Å². The van der Waals surface area contributed by atoms with E-state index >= 15 is 0 Å². The molecule has 1 aromatic rings. The monoisotopic (exact) mass is 321 g/mol. The van der Waals surface area contributed by atoms with Crippen LogP contribution in [0.3, 0.4) is 0 Å². The molecule has 0 bridgehead atoms. The van der Waals surface area contributed by atoms with Crippen molar-refractivity contribution in [2.75, 3.05) is 19.5 Å². The predicted octanol–water partition coefficient (Wildman–Crippen LogP) is 1.85. The number of halogens is 1. The minimum atomic E-state index is -0.872. The van der Waals surface area contributed by atoms with Crippen LogP contribution >= 0.6 is 22.6 Å². The molecule has 0 unspecified atom stereocenters. The van der Waals surface area contributed by atoms with Crippen molar-refractivity contribution in [3.63, 3.8) is 0 Å². The first-order chi connectivity index (χ1) is 7.17. The first-order valence-corrected chi connectivity index (χ1v) is 5.37. The Morgan fingerprint density at radius 3 is 2.60 bits per heavy atom. The molecule has 0 saturated carbocycles. The van der Waals surface area contributed by atoms with Crippen LogP contribution in [-0.2, 0) is 14.3 Å². The number of carbonyl (C=O) groups is 1. The molecule has 1 amide bonds. The van der Waals surface area contributed by atoms with Gasteiger partial charge < -0.3 is 14.8 Å². The molecule has 0 spiro atoms. The highest BCUT2D eigenvalue weighted by molar-refractivity contribution is 14.1. The summed E-state index contributed by atoms with van der Waals surface area (Å²) in [7, 11) is 2.84. The first kappa shape index (κ1) is 12.4. The molecule has 1 aromatic carbocycles. The summed E-state index contributed by atoms with van der Waals surface area (Å²) in [6, 6.07) is 7.48. The van der Waals surface area contributed by atoms with Crippen LogP contribution in [0.25, 0.3) is 0 Å². The minimum Gasteiger partial charge on any atom is -0.348 e. The number of benzene rings is 1. The van der Waals surface area contributed by atoms with Crippen molar-refractivity contribution in [3.8, 4) is 0 Å². The number of hydrogen-bond donors (Lipinski definition) is 1. The Bertz CT molecular complexity index is 339. The quantitative estimate of drug-likeness (QED) is 0.680. The van der Waals surface area contributed by atoms with Gasteiger partial charge in [0.1, 0.15) is 0 Å². The van der Waals surface area contributed by atoms with Crippen molar-refractivity contribution < 1.29 is 14.3 Å². The SMILES string of the molecule is COC(OC)C(=O)Nc1cccc(I)c1. The van der Waals surface area contributed by atoms with Gasteiger partial charge in [-0.3, -0.25) is 4.79 Å². The Morgan fingerprint density at radius 2 is 2.07 bits per heavy atom. The van der Waals surface area contributed by atoms with E-state index in [1.54, 1.807) is 0 Å². The lowest BCUT2D eigenvalue weighted by atomic mass is 10.3. The Hall–Kier alpha value is -0.660. The van der Waals surface area contributed by atoms with E-state index in [0.717, 1.165) is 9.26 Å². The van der Waals surface area contributed by atoms with Gasteiger partial charge in [0, 0.05) is 23.5 Å². The van der Waals surface area contributed by atoms with Crippen LogP contribution < -0.4 is 5.32 Å². The van der Waals surface area contributed by atoms with Gasteiger partial charge in [-0.1, -0.05) is 6.07 Å². The molecule has 0 aliphatic carbocycles. The summed E-state index contributed by atoms with van der Waals surface area (Å²) in [5.41, 5.74) is 0.728. The number of carbonyl (C=O) groups excluding carboxylic acids is 1. The number of nitrogens with one attached hydrogen (secondary N) is 1. The summed E-state index contributed by atoms with van der Waals surface area (Å²) >= 11 is 2.17. The van der Waals surface area contributed by atoms with Gasteiger partial charge in [-0.15, -0.1) is 0 Å². The van der Waals surface area contributed by atoms with Gasteiger partial charge in [-0.25, -0.2) is 0 Å². The second-order valence-corrected chi connectivity index (χ2v) is 4.05. The van der Waals surface area contributed by atoms with Crippen LogP contribution in [-0.4, -0.2) is 26.4 Å². The Morgan fingerprint density at radius 1 is 1.40 bits per heavy atom. The fourth-order valence-corrected chi connectivity index (χ4v) is 1.62. The number of hydrogen-bond acceptors (Lipinski definition) is 3. The summed E-state index contributed by atoms with van der Waals surface area (Å²) in [4.78, 5) is 11.5. The van der Waals surface area contributed by atoms with Crippen LogP contribution in [0.15, 0.2) is 24.3 Å². The number of anilines is 1. The van der Waals surface area contributed by atoms with E-state index in [2.05, 4.69) is 27.9 Å². The smallest absolute Gasteiger partial charge is 0.281 e. The van der Waals surface area contributed by atoms with Crippen molar-refractivity contribution in [1.29, 1.82) is 0 Å². The molecule has 0 aliphatic rings. The summed E-state index contributed by atoms with van der Waals surface area (Å²) < 4.78 is 10.7. The highest BCUT2D eigenvalue weighted by Crippen LogP contribution is 2.12. The molecule has 0 aromatic heterocycles. The van der Waals surface area contributed by atoms with E-state index in [4.69, 9.17) is 9.47 Å². The lowest BCUT2D eigenvalue weighted by Crippen LogP contribution is -2.30. The van der Waals surface area contributed by atoms with Crippen molar-refractivity contribution in [2.45, 2.75) is 6.29 Å². The van der Waals surface area contributed by atoms with Crippen LogP contribution in [0.1, 0.15) is 0 Å². The molecule has 0 saturated heterocycles. The van der Waals surface area contributed by atoms with Gasteiger partial charge in [0.25, 0.3) is 5.91 Å². The van der Waals surface area contributed by atoms with E-state index in [0.29, 0.717) is 0 Å². The number of ether oxygens (including phenoxy) is 2. The zero-order valence-corrected chi connectivity index (χ0v) is 10.6. The molecule has 1 N–H and O–H groups in total. The first-order valence-electron chi connectivity index (χ1n) is 4.29. The van der Waals surface area contributed by atoms with Gasteiger partial charge in [0.15, 0.2) is 0 Å². The Kier molecular flexibility index (Phi) is 5.00. The van der Waals surface area contributed by atoms with Crippen molar-refractivity contribution >= 4 is 34.2 Å². The molecule has 5 heteroatoms. The zero-order chi connectivity index (χ0) is 11.3. The Labute approximate surface area is 102 Å². The summed E-state index contributed by atoms with van der Waals surface area (Å²) in [6.45, 7) is 0. The topological polar surface area (TPSA) is 47.6 Å². The lowest BCUT2D eigenvalue weighted by molar-refractivity contribution is -0.153. The molecule has 1 rings (SSSR count). The second-order valence-electron chi connectivity index (χ2n) is 2.80. The third-order valence-electron chi connectivity index (χ3n) is 1.73. The summed E-state index contributed by atoms with van der Waals surface area (Å²) in [6.07, 6.45) is -0.872. The molecule has 82 valence electrons. The largest absolute Gasteiger partial charge is 0.348 e. The fraction of sp³-hybridized carbons (Fsp3) is 0.300. The van der Waals surface area contributed by atoms with E-state index in [1.165, 1.54) is 14.2 Å². The third kappa shape index (κ3) is 3.77. The molecule has 15 heavy (non-hydrogen) atoms. The average Bonchev–Trinajstić information content (AvgIpc) is 2.19. The van der Waals surface area contributed by atoms with Crippen molar-refractivity contribution in [2.24, 2.45) is 0 Å². The molecule has 0 radical (unpaired) electrons. The normalized spacial score (nSPS) is 10.4. The minimum absolute atomic E-state index is 0.318. The highest BCUT2D eigenvalue weighted by atomic mass is 127. The molecule has 0 fully saturated rings. The van der Waals surface area contributed by atoms with E-state index in [1.807, 2.05) is 24.3 Å². The lowest BCUT2D eigenvalue weighted by Gasteiger charge is -2.13. The molecule has 0 heterocycles.